The Balaban J connectivity index is 1.48. The summed E-state index contributed by atoms with van der Waals surface area (Å²) < 4.78 is 0. The van der Waals surface area contributed by atoms with Gasteiger partial charge in [-0.25, -0.2) is 0 Å². The molecule has 4 aromatic carbocycles. The van der Waals surface area contributed by atoms with Gasteiger partial charge in [0.25, 0.3) is 22.7 Å². The Bertz CT molecular complexity index is 1590. The average Bonchev–Trinajstić information content (AvgIpc) is 3.04. The van der Waals surface area contributed by atoms with E-state index in [0.29, 0.717) is 38.5 Å². The second kappa shape index (κ2) is 9.99. The minimum atomic E-state index is -0.491. The molecule has 12 heteroatoms. The fraction of sp³-hybridized carbons (Fsp3) is 0.294. The zero-order valence-electron chi connectivity index (χ0n) is 24.5. The number of hydrogen-bond donors (Lipinski definition) is 0. The molecule has 0 heterocycles. The summed E-state index contributed by atoms with van der Waals surface area (Å²) in [4.78, 5) is 44.5. The number of nitro groups is 4. The predicted molar refractivity (Wildman–Crippen MR) is 167 cm³/mol. The predicted octanol–water partition coefficient (Wildman–Crippen LogP) is 7.75. The molecule has 0 radical (unpaired) electrons. The molecule has 4 aliphatic rings. The lowest BCUT2D eigenvalue weighted by Crippen LogP contribution is -2.67. The van der Waals surface area contributed by atoms with Gasteiger partial charge in [0, 0.05) is 48.5 Å². The third-order valence-electron chi connectivity index (χ3n) is 10.8. The van der Waals surface area contributed by atoms with Crippen molar-refractivity contribution in [2.24, 2.45) is 0 Å². The van der Waals surface area contributed by atoms with Crippen LogP contribution in [0.5, 0.6) is 0 Å². The van der Waals surface area contributed by atoms with Crippen LogP contribution in [0, 0.1) is 40.5 Å². The van der Waals surface area contributed by atoms with Crippen molar-refractivity contribution in [1.82, 2.24) is 0 Å². The van der Waals surface area contributed by atoms with Gasteiger partial charge < -0.3 is 0 Å². The summed E-state index contributed by atoms with van der Waals surface area (Å²) in [7, 11) is 0. The zero-order valence-corrected chi connectivity index (χ0v) is 24.5. The molecule has 0 N–H and O–H groups in total. The largest absolute Gasteiger partial charge is 0.269 e. The first kappa shape index (κ1) is 29.2. The summed E-state index contributed by atoms with van der Waals surface area (Å²) in [5.74, 6) is 0. The molecule has 4 saturated carbocycles. The Morgan fingerprint density at radius 3 is 0.609 bits per heavy atom. The summed E-state index contributed by atoms with van der Waals surface area (Å²) in [6.45, 7) is 0. The second-order valence-electron chi connectivity index (χ2n) is 13.4. The van der Waals surface area contributed by atoms with Crippen LogP contribution < -0.4 is 0 Å². The van der Waals surface area contributed by atoms with E-state index >= 15 is 0 Å². The van der Waals surface area contributed by atoms with E-state index in [1.54, 1.807) is 0 Å². The van der Waals surface area contributed by atoms with Crippen LogP contribution in [0.25, 0.3) is 0 Å². The van der Waals surface area contributed by atoms with Gasteiger partial charge in [0.2, 0.25) is 0 Å². The molecule has 0 aliphatic heterocycles. The van der Waals surface area contributed by atoms with Crippen LogP contribution in [0.3, 0.4) is 0 Å². The minimum Gasteiger partial charge on any atom is -0.258 e. The van der Waals surface area contributed by atoms with Crippen LogP contribution in [0.4, 0.5) is 22.7 Å². The molecule has 0 aromatic heterocycles. The highest BCUT2D eigenvalue weighted by atomic mass is 16.6. The highest BCUT2D eigenvalue weighted by molar-refractivity contribution is 5.52. The third kappa shape index (κ3) is 4.43. The molecule has 0 atom stereocenters. The SMILES string of the molecule is O=[N+]([O-])c1ccc(C23CC4(c5ccc([N+](=O)[O-])cc5)CC(c5ccc([N+](=O)[O-])cc5)(C2)CC(c2ccc([N+](=O)[O-])cc2)(C3)C4)cc1. The van der Waals surface area contributed by atoms with Gasteiger partial charge in [0.15, 0.2) is 0 Å². The topological polar surface area (TPSA) is 173 Å². The Morgan fingerprint density at radius 2 is 0.478 bits per heavy atom. The maximum atomic E-state index is 11.6. The van der Waals surface area contributed by atoms with E-state index in [2.05, 4.69) is 0 Å². The van der Waals surface area contributed by atoms with Gasteiger partial charge in [-0.15, -0.1) is 0 Å². The molecular weight excluding hydrogens is 592 g/mol. The summed E-state index contributed by atoms with van der Waals surface area (Å²) in [5.41, 5.74) is 1.74. The number of benzene rings is 4. The fourth-order valence-corrected chi connectivity index (χ4v) is 9.61. The summed E-state index contributed by atoms with van der Waals surface area (Å²) in [5, 5.41) is 46.2. The quantitative estimate of drug-likeness (QED) is 0.142. The van der Waals surface area contributed by atoms with Crippen LogP contribution in [0.2, 0.25) is 0 Å². The molecule has 4 fully saturated rings. The number of rotatable bonds is 8. The molecular formula is C34H28N4O8. The Kier molecular flexibility index (Phi) is 6.35. The molecule has 232 valence electrons. The molecule has 4 bridgehead atoms. The van der Waals surface area contributed by atoms with Crippen molar-refractivity contribution >= 4 is 22.7 Å². The first-order valence-corrected chi connectivity index (χ1v) is 14.9. The maximum Gasteiger partial charge on any atom is 0.269 e. The molecule has 0 amide bonds. The van der Waals surface area contributed by atoms with Gasteiger partial charge in [-0.3, -0.25) is 40.5 Å². The lowest BCUT2D eigenvalue weighted by atomic mass is 9.32. The van der Waals surface area contributed by atoms with Crippen molar-refractivity contribution in [3.8, 4) is 0 Å². The van der Waals surface area contributed by atoms with Crippen LogP contribution in [0.1, 0.15) is 60.8 Å². The summed E-state index contributed by atoms with van der Waals surface area (Å²) in [6, 6.07) is 26.7. The van der Waals surface area contributed by atoms with Crippen molar-refractivity contribution in [2.75, 3.05) is 0 Å². The van der Waals surface area contributed by atoms with Crippen LogP contribution in [-0.2, 0) is 21.7 Å². The third-order valence-corrected chi connectivity index (χ3v) is 10.8. The van der Waals surface area contributed by atoms with E-state index in [1.807, 2.05) is 48.5 Å². The highest BCUT2D eigenvalue weighted by Crippen LogP contribution is 2.74. The smallest absolute Gasteiger partial charge is 0.258 e. The fourth-order valence-electron chi connectivity index (χ4n) is 9.61. The van der Waals surface area contributed by atoms with Crippen LogP contribution in [-0.4, -0.2) is 19.7 Å². The van der Waals surface area contributed by atoms with Crippen molar-refractivity contribution in [3.05, 3.63) is 160 Å². The highest BCUT2D eigenvalue weighted by Gasteiger charge is 2.69. The lowest BCUT2D eigenvalue weighted by molar-refractivity contribution is -0.385. The number of nitro benzene ring substituents is 4. The molecule has 0 spiro atoms. The number of non-ortho nitro benzene ring substituents is 4. The molecule has 4 aromatic rings. The monoisotopic (exact) mass is 620 g/mol. The van der Waals surface area contributed by atoms with Crippen LogP contribution >= 0.6 is 0 Å². The number of nitrogens with zero attached hydrogens (tertiary/aromatic N) is 4. The molecule has 4 aliphatic carbocycles. The van der Waals surface area contributed by atoms with Crippen LogP contribution in [0.15, 0.2) is 97.1 Å². The van der Waals surface area contributed by atoms with Gasteiger partial charge in [0.1, 0.15) is 0 Å². The minimum absolute atomic E-state index is 0.0197. The van der Waals surface area contributed by atoms with E-state index in [1.165, 1.54) is 48.5 Å². The molecule has 46 heavy (non-hydrogen) atoms. The molecule has 0 saturated heterocycles. The first-order chi connectivity index (χ1) is 21.9. The van der Waals surface area contributed by atoms with Gasteiger partial charge >= 0.3 is 0 Å². The van der Waals surface area contributed by atoms with E-state index in [4.69, 9.17) is 0 Å². The van der Waals surface area contributed by atoms with Gasteiger partial charge in [-0.2, -0.15) is 0 Å². The van der Waals surface area contributed by atoms with Crippen molar-refractivity contribution in [1.29, 1.82) is 0 Å². The van der Waals surface area contributed by atoms with E-state index in [-0.39, 0.29) is 22.7 Å². The summed E-state index contributed by atoms with van der Waals surface area (Å²) in [6.07, 6.45) is 4.16. The standard InChI is InChI=1S/C34H28N4O8/c39-35(40)27-9-1-23(2-10-27)31-17-32(24-3-11-28(12-4-24)36(41)42)20-33(18-31,25-5-13-29(14-6-25)37(43)44)22-34(19-31,21-32)26-7-15-30(16-8-26)38(45)46/h1-16H,17-22H2. The van der Waals surface area contributed by atoms with Crippen molar-refractivity contribution < 1.29 is 19.7 Å². The zero-order chi connectivity index (χ0) is 32.5. The van der Waals surface area contributed by atoms with E-state index < -0.39 is 41.4 Å². The van der Waals surface area contributed by atoms with Crippen molar-refractivity contribution in [2.45, 2.75) is 60.2 Å². The van der Waals surface area contributed by atoms with Crippen molar-refractivity contribution in [3.63, 3.8) is 0 Å². The molecule has 0 unspecified atom stereocenters. The molecule has 8 rings (SSSR count). The average molecular weight is 621 g/mol. The normalized spacial score (nSPS) is 27.7. The maximum absolute atomic E-state index is 11.6. The Morgan fingerprint density at radius 1 is 0.326 bits per heavy atom. The van der Waals surface area contributed by atoms with E-state index in [0.717, 1.165) is 22.3 Å². The Labute approximate surface area is 262 Å². The van der Waals surface area contributed by atoms with Gasteiger partial charge in [-0.1, -0.05) is 48.5 Å². The number of hydrogen-bond acceptors (Lipinski definition) is 8. The summed E-state index contributed by atoms with van der Waals surface area (Å²) >= 11 is 0. The molecule has 12 nitrogen and oxygen atoms in total. The van der Waals surface area contributed by atoms with Gasteiger partial charge in [-0.05, 0) is 82.4 Å². The lowest BCUT2D eigenvalue weighted by Gasteiger charge is -2.71. The Hall–Kier alpha value is -5.52. The second-order valence-corrected chi connectivity index (χ2v) is 13.4. The van der Waals surface area contributed by atoms with E-state index in [9.17, 15) is 40.5 Å². The van der Waals surface area contributed by atoms with Gasteiger partial charge in [0.05, 0.1) is 19.7 Å². The first-order valence-electron chi connectivity index (χ1n) is 14.9.